The van der Waals surface area contributed by atoms with E-state index in [-0.39, 0.29) is 23.6 Å². The lowest BCUT2D eigenvalue weighted by Gasteiger charge is -2.36. The Morgan fingerprint density at radius 3 is 2.37 bits per heavy atom. The number of halogens is 1. The average molecular weight is 534 g/mol. The molecule has 1 atom stereocenters. The molecule has 0 aliphatic rings. The maximum Gasteiger partial charge on any atom is 0.349 e. The summed E-state index contributed by atoms with van der Waals surface area (Å²) in [5.74, 6) is -0.0657. The first-order valence-electron chi connectivity index (χ1n) is 13.1. The van der Waals surface area contributed by atoms with E-state index >= 15 is 0 Å². The van der Waals surface area contributed by atoms with Crippen LogP contribution in [0, 0.1) is 19.8 Å². The minimum Gasteiger partial charge on any atom is -0.330 e. The lowest BCUT2D eigenvalue weighted by atomic mass is 9.96. The topological polar surface area (TPSA) is 85.6 Å². The molecule has 0 bridgehead atoms. The number of fused-ring (bicyclic) bond motifs is 1. The molecule has 0 saturated carbocycles. The molecule has 0 saturated heterocycles. The number of benzene rings is 2. The first-order valence-corrected chi connectivity index (χ1v) is 13.5. The summed E-state index contributed by atoms with van der Waals surface area (Å²) in [6.07, 6.45) is 1.56. The van der Waals surface area contributed by atoms with Crippen LogP contribution >= 0.6 is 11.6 Å². The van der Waals surface area contributed by atoms with E-state index in [1.54, 1.807) is 11.5 Å². The summed E-state index contributed by atoms with van der Waals surface area (Å²) in [6, 6.07) is 19.0. The van der Waals surface area contributed by atoms with Gasteiger partial charge in [0.1, 0.15) is 0 Å². The van der Waals surface area contributed by atoms with Crippen LogP contribution < -0.4 is 11.4 Å². The molecule has 38 heavy (non-hydrogen) atoms. The number of carbonyl (C=O) groups is 1. The number of hydrogen-bond donors (Lipinski definition) is 1. The second kappa shape index (κ2) is 12.0. The predicted molar refractivity (Wildman–Crippen MR) is 153 cm³/mol. The molecule has 2 N–H and O–H groups in total. The Kier molecular flexibility index (Phi) is 8.69. The standard InChI is InChI=1S/C30H36ClN5O2/c1-20(2)28(34(17-9-8-16-32)29(37)24-14-12-21(3)13-15-24)26-18-25-27(31)22(4)33-36(25)30(38)35(26)19-23-10-6-5-7-11-23/h5-7,10-15,18,20,28H,8-9,16-17,19,32H2,1-4H3. The van der Waals surface area contributed by atoms with Crippen LogP contribution in [0.5, 0.6) is 0 Å². The minimum absolute atomic E-state index is 0.00828. The Morgan fingerprint density at radius 1 is 1.05 bits per heavy atom. The van der Waals surface area contributed by atoms with E-state index in [9.17, 15) is 9.59 Å². The van der Waals surface area contributed by atoms with Gasteiger partial charge in [-0.15, -0.1) is 0 Å². The van der Waals surface area contributed by atoms with Crippen LogP contribution in [-0.4, -0.2) is 38.1 Å². The summed E-state index contributed by atoms with van der Waals surface area (Å²) in [7, 11) is 0. The molecule has 0 aliphatic heterocycles. The maximum absolute atomic E-state index is 14.0. The molecule has 200 valence electrons. The fraction of sp³-hybridized carbons (Fsp3) is 0.367. The fourth-order valence-electron chi connectivity index (χ4n) is 4.93. The number of aromatic nitrogens is 3. The summed E-state index contributed by atoms with van der Waals surface area (Å²) in [5.41, 5.74) is 10.1. The van der Waals surface area contributed by atoms with Gasteiger partial charge in [0.15, 0.2) is 0 Å². The van der Waals surface area contributed by atoms with E-state index in [1.165, 1.54) is 4.52 Å². The number of nitrogens with two attached hydrogens (primary N) is 1. The number of hydrogen-bond acceptors (Lipinski definition) is 4. The lowest BCUT2D eigenvalue weighted by Crippen LogP contribution is -2.42. The number of aryl methyl sites for hydroxylation is 2. The quantitative estimate of drug-likeness (QED) is 0.277. The molecule has 1 amide bonds. The maximum atomic E-state index is 14.0. The van der Waals surface area contributed by atoms with Gasteiger partial charge in [-0.3, -0.25) is 9.36 Å². The van der Waals surface area contributed by atoms with Gasteiger partial charge in [0.2, 0.25) is 0 Å². The van der Waals surface area contributed by atoms with Gasteiger partial charge in [-0.25, -0.2) is 4.79 Å². The summed E-state index contributed by atoms with van der Waals surface area (Å²) in [6.45, 7) is 9.36. The zero-order valence-electron chi connectivity index (χ0n) is 22.5. The summed E-state index contributed by atoms with van der Waals surface area (Å²) in [4.78, 5) is 29.8. The van der Waals surface area contributed by atoms with Crippen LogP contribution in [0.25, 0.3) is 5.52 Å². The van der Waals surface area contributed by atoms with Crippen molar-refractivity contribution in [2.75, 3.05) is 13.1 Å². The largest absolute Gasteiger partial charge is 0.349 e. The molecule has 4 rings (SSSR count). The van der Waals surface area contributed by atoms with Gasteiger partial charge in [0.25, 0.3) is 5.91 Å². The van der Waals surface area contributed by atoms with Crippen LogP contribution in [0.2, 0.25) is 5.02 Å². The predicted octanol–water partition coefficient (Wildman–Crippen LogP) is 5.39. The van der Waals surface area contributed by atoms with Crippen molar-refractivity contribution >= 4 is 23.0 Å². The SMILES string of the molecule is Cc1ccc(C(=O)N(CCCCN)C(c2cc3c(Cl)c(C)nn3c(=O)n2Cc2ccccc2)C(C)C)cc1. The van der Waals surface area contributed by atoms with E-state index < -0.39 is 0 Å². The highest BCUT2D eigenvalue weighted by molar-refractivity contribution is 6.34. The van der Waals surface area contributed by atoms with Crippen molar-refractivity contribution in [3.8, 4) is 0 Å². The number of amides is 1. The second-order valence-electron chi connectivity index (χ2n) is 10.2. The molecule has 4 aromatic rings. The molecule has 0 spiro atoms. The monoisotopic (exact) mass is 533 g/mol. The third-order valence-electron chi connectivity index (χ3n) is 6.90. The van der Waals surface area contributed by atoms with Gasteiger partial charge in [0, 0.05) is 17.8 Å². The van der Waals surface area contributed by atoms with Crippen molar-refractivity contribution in [2.45, 2.75) is 53.1 Å². The molecule has 8 heteroatoms. The number of unbranched alkanes of at least 4 members (excludes halogenated alkanes) is 1. The van der Waals surface area contributed by atoms with E-state index in [0.717, 1.165) is 29.7 Å². The number of carbonyl (C=O) groups excluding carboxylic acids is 1. The number of rotatable bonds is 10. The van der Waals surface area contributed by atoms with Crippen LogP contribution in [0.3, 0.4) is 0 Å². The minimum atomic E-state index is -0.380. The van der Waals surface area contributed by atoms with Gasteiger partial charge in [0.05, 0.1) is 28.8 Å². The van der Waals surface area contributed by atoms with E-state index in [2.05, 4.69) is 18.9 Å². The van der Waals surface area contributed by atoms with E-state index in [1.807, 2.05) is 72.5 Å². The smallest absolute Gasteiger partial charge is 0.330 e. The third-order valence-corrected chi connectivity index (χ3v) is 7.36. The molecule has 2 aromatic heterocycles. The average Bonchev–Trinajstić information content (AvgIpc) is 3.19. The third kappa shape index (κ3) is 5.69. The summed E-state index contributed by atoms with van der Waals surface area (Å²) in [5, 5.41) is 4.86. The Bertz CT molecular complexity index is 1460. The van der Waals surface area contributed by atoms with Crippen molar-refractivity contribution in [2.24, 2.45) is 11.7 Å². The van der Waals surface area contributed by atoms with Crippen LogP contribution in [0.15, 0.2) is 65.5 Å². The highest BCUT2D eigenvalue weighted by Crippen LogP contribution is 2.33. The van der Waals surface area contributed by atoms with Crippen molar-refractivity contribution in [3.05, 3.63) is 104 Å². The zero-order chi connectivity index (χ0) is 27.4. The molecular formula is C30H36ClN5O2. The molecule has 0 aliphatic carbocycles. The zero-order valence-corrected chi connectivity index (χ0v) is 23.3. The van der Waals surface area contributed by atoms with Crippen molar-refractivity contribution < 1.29 is 4.79 Å². The molecule has 0 fully saturated rings. The molecular weight excluding hydrogens is 498 g/mol. The Balaban J connectivity index is 1.93. The summed E-state index contributed by atoms with van der Waals surface area (Å²) < 4.78 is 3.09. The fourth-order valence-corrected chi connectivity index (χ4v) is 5.10. The highest BCUT2D eigenvalue weighted by Gasteiger charge is 2.32. The molecule has 2 aromatic carbocycles. The van der Waals surface area contributed by atoms with E-state index in [0.29, 0.717) is 41.4 Å². The van der Waals surface area contributed by atoms with Crippen molar-refractivity contribution in [3.63, 3.8) is 0 Å². The van der Waals surface area contributed by atoms with Crippen LogP contribution in [0.4, 0.5) is 0 Å². The van der Waals surface area contributed by atoms with Gasteiger partial charge in [-0.2, -0.15) is 9.61 Å². The molecule has 1 unspecified atom stereocenters. The van der Waals surface area contributed by atoms with Crippen LogP contribution in [0.1, 0.15) is 65.6 Å². The van der Waals surface area contributed by atoms with Gasteiger partial charge >= 0.3 is 5.69 Å². The second-order valence-corrected chi connectivity index (χ2v) is 10.5. The van der Waals surface area contributed by atoms with Gasteiger partial charge < -0.3 is 10.6 Å². The molecule has 0 radical (unpaired) electrons. The first kappa shape index (κ1) is 27.6. The molecule has 2 heterocycles. The van der Waals surface area contributed by atoms with Gasteiger partial charge in [-0.05, 0) is 62.9 Å². The van der Waals surface area contributed by atoms with Crippen molar-refractivity contribution in [1.82, 2.24) is 19.1 Å². The number of nitrogens with zero attached hydrogens (tertiary/aromatic N) is 4. The highest BCUT2D eigenvalue weighted by atomic mass is 35.5. The molecule has 7 nitrogen and oxygen atoms in total. The van der Waals surface area contributed by atoms with Gasteiger partial charge in [-0.1, -0.05) is 73.5 Å². The van der Waals surface area contributed by atoms with Crippen LogP contribution in [-0.2, 0) is 6.54 Å². The Hall–Kier alpha value is -3.42. The Morgan fingerprint density at radius 2 is 1.74 bits per heavy atom. The van der Waals surface area contributed by atoms with Crippen molar-refractivity contribution in [1.29, 1.82) is 0 Å². The normalized spacial score (nSPS) is 12.3. The first-order chi connectivity index (χ1) is 18.2. The lowest BCUT2D eigenvalue weighted by molar-refractivity contribution is 0.0606. The Labute approximate surface area is 228 Å². The summed E-state index contributed by atoms with van der Waals surface area (Å²) >= 11 is 6.61. The van der Waals surface area contributed by atoms with E-state index in [4.69, 9.17) is 17.3 Å².